The van der Waals surface area contributed by atoms with E-state index in [-0.39, 0.29) is 12.0 Å². The summed E-state index contributed by atoms with van der Waals surface area (Å²) >= 11 is 0. The van der Waals surface area contributed by atoms with Gasteiger partial charge < -0.3 is 14.8 Å². The van der Waals surface area contributed by atoms with Crippen LogP contribution >= 0.6 is 0 Å². The molecule has 1 saturated carbocycles. The molecule has 0 saturated heterocycles. The molecule has 2 aromatic rings. The number of carbonyl (C=O) groups excluding carboxylic acids is 1. The van der Waals surface area contributed by atoms with Crippen LogP contribution in [0.15, 0.2) is 48.5 Å². The highest BCUT2D eigenvalue weighted by molar-refractivity contribution is 5.99. The van der Waals surface area contributed by atoms with Gasteiger partial charge in [0.2, 0.25) is 5.91 Å². The van der Waals surface area contributed by atoms with Crippen LogP contribution in [-0.2, 0) is 10.2 Å². The molecule has 0 spiro atoms. The van der Waals surface area contributed by atoms with Crippen LogP contribution in [0.4, 0.5) is 5.69 Å². The molecule has 2 aromatic carbocycles. The van der Waals surface area contributed by atoms with Crippen molar-refractivity contribution in [1.82, 2.24) is 0 Å². The zero-order chi connectivity index (χ0) is 18.6. The van der Waals surface area contributed by atoms with Crippen molar-refractivity contribution in [2.24, 2.45) is 0 Å². The molecule has 1 fully saturated rings. The number of nitrogens with one attached hydrogen (secondary N) is 1. The SMILES string of the molecule is COc1ccc(C2(C(=O)Nc3ccc(OC(C)C)cc3)CCCC2)cc1. The molecule has 0 aromatic heterocycles. The van der Waals surface area contributed by atoms with Gasteiger partial charge in [0.05, 0.1) is 18.6 Å². The van der Waals surface area contributed by atoms with E-state index < -0.39 is 5.41 Å². The standard InChI is InChI=1S/C22H27NO3/c1-16(2)26-20-12-8-18(9-13-20)23-21(24)22(14-4-5-15-22)17-6-10-19(25-3)11-7-17/h6-13,16H,4-5,14-15H2,1-3H3,(H,23,24). The van der Waals surface area contributed by atoms with Gasteiger partial charge in [0, 0.05) is 5.69 Å². The van der Waals surface area contributed by atoms with Crippen molar-refractivity contribution in [2.45, 2.75) is 51.0 Å². The normalized spacial score (nSPS) is 15.7. The maximum Gasteiger partial charge on any atom is 0.235 e. The molecule has 4 nitrogen and oxygen atoms in total. The van der Waals surface area contributed by atoms with Crippen LogP contribution in [0, 0.1) is 0 Å². The lowest BCUT2D eigenvalue weighted by Gasteiger charge is -2.28. The first-order valence-electron chi connectivity index (χ1n) is 9.26. The van der Waals surface area contributed by atoms with Crippen LogP contribution in [0.2, 0.25) is 0 Å². The zero-order valence-corrected chi connectivity index (χ0v) is 15.7. The second kappa shape index (κ2) is 7.81. The Morgan fingerprint density at radius 1 is 0.962 bits per heavy atom. The molecule has 0 radical (unpaired) electrons. The monoisotopic (exact) mass is 353 g/mol. The largest absolute Gasteiger partial charge is 0.497 e. The Morgan fingerprint density at radius 2 is 1.54 bits per heavy atom. The van der Waals surface area contributed by atoms with E-state index in [1.165, 1.54) is 0 Å². The van der Waals surface area contributed by atoms with Crippen molar-refractivity contribution in [3.8, 4) is 11.5 Å². The first kappa shape index (κ1) is 18.3. The molecular formula is C22H27NO3. The number of ether oxygens (including phenoxy) is 2. The van der Waals surface area contributed by atoms with Gasteiger partial charge in [0.15, 0.2) is 0 Å². The van der Waals surface area contributed by atoms with Crippen LogP contribution in [0.1, 0.15) is 45.1 Å². The van der Waals surface area contributed by atoms with E-state index in [2.05, 4.69) is 5.32 Å². The van der Waals surface area contributed by atoms with Crippen molar-refractivity contribution < 1.29 is 14.3 Å². The fourth-order valence-corrected chi connectivity index (χ4v) is 3.68. The van der Waals surface area contributed by atoms with Gasteiger partial charge in [-0.3, -0.25) is 4.79 Å². The first-order valence-corrected chi connectivity index (χ1v) is 9.26. The summed E-state index contributed by atoms with van der Waals surface area (Å²) in [6.07, 6.45) is 4.02. The number of benzene rings is 2. The summed E-state index contributed by atoms with van der Waals surface area (Å²) in [6, 6.07) is 15.5. The molecule has 0 unspecified atom stereocenters. The quantitative estimate of drug-likeness (QED) is 0.801. The summed E-state index contributed by atoms with van der Waals surface area (Å²) in [7, 11) is 1.65. The van der Waals surface area contributed by atoms with Crippen molar-refractivity contribution in [3.05, 3.63) is 54.1 Å². The fraction of sp³-hybridized carbons (Fsp3) is 0.409. The number of rotatable bonds is 6. The van der Waals surface area contributed by atoms with Gasteiger partial charge >= 0.3 is 0 Å². The average molecular weight is 353 g/mol. The Balaban J connectivity index is 1.78. The van der Waals surface area contributed by atoms with Crippen LogP contribution in [0.5, 0.6) is 11.5 Å². The van der Waals surface area contributed by atoms with Gasteiger partial charge in [0.25, 0.3) is 0 Å². The van der Waals surface area contributed by atoms with Crippen molar-refractivity contribution in [1.29, 1.82) is 0 Å². The molecule has 0 aliphatic heterocycles. The second-order valence-corrected chi connectivity index (χ2v) is 7.16. The molecule has 1 N–H and O–H groups in total. The first-order chi connectivity index (χ1) is 12.5. The number of anilines is 1. The summed E-state index contributed by atoms with van der Waals surface area (Å²) in [5.41, 5.74) is 1.40. The lowest BCUT2D eigenvalue weighted by Crippen LogP contribution is -2.37. The summed E-state index contributed by atoms with van der Waals surface area (Å²) in [5.74, 6) is 1.68. The topological polar surface area (TPSA) is 47.6 Å². The van der Waals surface area contributed by atoms with Gasteiger partial charge in [-0.2, -0.15) is 0 Å². The summed E-state index contributed by atoms with van der Waals surface area (Å²) in [6.45, 7) is 3.99. The maximum atomic E-state index is 13.2. The predicted molar refractivity (Wildman–Crippen MR) is 104 cm³/mol. The van der Waals surface area contributed by atoms with E-state index in [1.807, 2.05) is 62.4 Å². The van der Waals surface area contributed by atoms with E-state index >= 15 is 0 Å². The lowest BCUT2D eigenvalue weighted by atomic mass is 9.78. The highest BCUT2D eigenvalue weighted by Crippen LogP contribution is 2.42. The molecule has 0 atom stereocenters. The molecular weight excluding hydrogens is 326 g/mol. The van der Waals surface area contributed by atoms with Crippen LogP contribution < -0.4 is 14.8 Å². The number of amides is 1. The van der Waals surface area contributed by atoms with Crippen molar-refractivity contribution in [3.63, 3.8) is 0 Å². The molecule has 1 aliphatic rings. The highest BCUT2D eigenvalue weighted by Gasteiger charge is 2.42. The Hall–Kier alpha value is -2.49. The lowest BCUT2D eigenvalue weighted by molar-refractivity contribution is -0.121. The summed E-state index contributed by atoms with van der Waals surface area (Å²) in [4.78, 5) is 13.2. The minimum Gasteiger partial charge on any atom is -0.497 e. The van der Waals surface area contributed by atoms with Crippen LogP contribution in [-0.4, -0.2) is 19.1 Å². The molecule has 1 aliphatic carbocycles. The van der Waals surface area contributed by atoms with Crippen molar-refractivity contribution in [2.75, 3.05) is 12.4 Å². The van der Waals surface area contributed by atoms with Crippen molar-refractivity contribution >= 4 is 11.6 Å². The molecule has 1 amide bonds. The molecule has 138 valence electrons. The van der Waals surface area contributed by atoms with Gasteiger partial charge in [-0.15, -0.1) is 0 Å². The minimum absolute atomic E-state index is 0.0673. The number of methoxy groups -OCH3 is 1. The number of carbonyl (C=O) groups is 1. The number of hydrogen-bond acceptors (Lipinski definition) is 3. The summed E-state index contributed by atoms with van der Waals surface area (Å²) in [5, 5.41) is 3.11. The van der Waals surface area contributed by atoms with Gasteiger partial charge in [-0.25, -0.2) is 0 Å². The van der Waals surface area contributed by atoms with Crippen LogP contribution in [0.25, 0.3) is 0 Å². The smallest absolute Gasteiger partial charge is 0.235 e. The Kier molecular flexibility index (Phi) is 5.50. The van der Waals surface area contributed by atoms with Gasteiger partial charge in [0.1, 0.15) is 11.5 Å². The molecule has 26 heavy (non-hydrogen) atoms. The molecule has 3 rings (SSSR count). The highest BCUT2D eigenvalue weighted by atomic mass is 16.5. The minimum atomic E-state index is -0.459. The second-order valence-electron chi connectivity index (χ2n) is 7.16. The molecule has 4 heteroatoms. The van der Waals surface area contributed by atoms with Gasteiger partial charge in [-0.1, -0.05) is 25.0 Å². The van der Waals surface area contributed by atoms with Gasteiger partial charge in [-0.05, 0) is 68.7 Å². The average Bonchev–Trinajstić information content (AvgIpc) is 3.14. The third-order valence-corrected chi connectivity index (χ3v) is 5.02. The third-order valence-electron chi connectivity index (χ3n) is 5.02. The Bertz CT molecular complexity index is 729. The van der Waals surface area contributed by atoms with E-state index in [4.69, 9.17) is 9.47 Å². The number of hydrogen-bond donors (Lipinski definition) is 1. The maximum absolute atomic E-state index is 13.2. The van der Waals surface area contributed by atoms with E-state index in [1.54, 1.807) is 7.11 Å². The Labute approximate surface area is 155 Å². The van der Waals surface area contributed by atoms with E-state index in [9.17, 15) is 4.79 Å². The third kappa shape index (κ3) is 3.85. The fourth-order valence-electron chi connectivity index (χ4n) is 3.68. The zero-order valence-electron chi connectivity index (χ0n) is 15.7. The predicted octanol–water partition coefficient (Wildman–Crippen LogP) is 4.93. The van der Waals surface area contributed by atoms with Crippen LogP contribution in [0.3, 0.4) is 0 Å². The molecule has 0 bridgehead atoms. The summed E-state index contributed by atoms with van der Waals surface area (Å²) < 4.78 is 10.9. The Morgan fingerprint density at radius 3 is 2.08 bits per heavy atom. The van der Waals surface area contributed by atoms with E-state index in [0.29, 0.717) is 0 Å². The van der Waals surface area contributed by atoms with E-state index in [0.717, 1.165) is 48.4 Å². The molecule has 0 heterocycles.